The molecular weight excluding hydrogens is 362 g/mol. The molecule has 0 saturated carbocycles. The van der Waals surface area contributed by atoms with Gasteiger partial charge in [0.1, 0.15) is 15.7 Å². The SMILES string of the molecule is CCc1cc2c(SC(C)C(=O)NCCc3ccccc3)nc(C)nc2s1. The maximum Gasteiger partial charge on any atom is 0.233 e. The van der Waals surface area contributed by atoms with Gasteiger partial charge < -0.3 is 5.32 Å². The van der Waals surface area contributed by atoms with Crippen molar-refractivity contribution in [2.24, 2.45) is 0 Å². The molecular formula is C20H23N3OS2. The van der Waals surface area contributed by atoms with Gasteiger partial charge in [0, 0.05) is 16.8 Å². The van der Waals surface area contributed by atoms with Gasteiger partial charge in [-0.3, -0.25) is 4.79 Å². The Morgan fingerprint density at radius 1 is 1.27 bits per heavy atom. The number of aromatic nitrogens is 2. The molecule has 1 aromatic carbocycles. The number of hydrogen-bond donors (Lipinski definition) is 1. The number of benzene rings is 1. The number of fused-ring (bicyclic) bond motifs is 1. The molecule has 0 radical (unpaired) electrons. The molecule has 3 aromatic rings. The summed E-state index contributed by atoms with van der Waals surface area (Å²) in [7, 11) is 0. The average molecular weight is 386 g/mol. The van der Waals surface area contributed by atoms with Crippen LogP contribution in [0.5, 0.6) is 0 Å². The predicted molar refractivity (Wildman–Crippen MR) is 110 cm³/mol. The maximum absolute atomic E-state index is 12.4. The summed E-state index contributed by atoms with van der Waals surface area (Å²) >= 11 is 3.22. The number of amides is 1. The zero-order chi connectivity index (χ0) is 18.5. The molecule has 0 aliphatic rings. The third-order valence-corrected chi connectivity index (χ3v) is 6.36. The second-order valence-electron chi connectivity index (χ2n) is 6.15. The smallest absolute Gasteiger partial charge is 0.233 e. The fourth-order valence-corrected chi connectivity index (χ4v) is 4.72. The number of carbonyl (C=O) groups is 1. The Bertz CT molecular complexity index is 893. The number of carbonyl (C=O) groups excluding carboxylic acids is 1. The van der Waals surface area contributed by atoms with Gasteiger partial charge in [-0.05, 0) is 38.3 Å². The van der Waals surface area contributed by atoms with Gasteiger partial charge in [0.05, 0.1) is 5.25 Å². The first kappa shape index (κ1) is 18.9. The average Bonchev–Trinajstić information content (AvgIpc) is 3.05. The minimum absolute atomic E-state index is 0.0429. The van der Waals surface area contributed by atoms with E-state index in [2.05, 4.69) is 40.4 Å². The van der Waals surface area contributed by atoms with E-state index in [4.69, 9.17) is 0 Å². The second-order valence-corrected chi connectivity index (χ2v) is 8.59. The van der Waals surface area contributed by atoms with Crippen LogP contribution in [0.25, 0.3) is 10.2 Å². The van der Waals surface area contributed by atoms with Gasteiger partial charge in [0.15, 0.2) is 0 Å². The van der Waals surface area contributed by atoms with Crippen LogP contribution in [0.2, 0.25) is 0 Å². The molecule has 3 rings (SSSR count). The van der Waals surface area contributed by atoms with E-state index in [1.165, 1.54) is 22.2 Å². The maximum atomic E-state index is 12.4. The van der Waals surface area contributed by atoms with Crippen molar-refractivity contribution in [1.29, 1.82) is 0 Å². The number of thiophene rings is 1. The molecule has 26 heavy (non-hydrogen) atoms. The van der Waals surface area contributed by atoms with Crippen LogP contribution in [-0.2, 0) is 17.6 Å². The van der Waals surface area contributed by atoms with Gasteiger partial charge >= 0.3 is 0 Å². The van der Waals surface area contributed by atoms with Crippen LogP contribution in [0, 0.1) is 6.92 Å². The topological polar surface area (TPSA) is 54.9 Å². The predicted octanol–water partition coefficient (Wildman–Crippen LogP) is 4.40. The Hall–Kier alpha value is -1.92. The summed E-state index contributed by atoms with van der Waals surface area (Å²) in [6.45, 7) is 6.61. The summed E-state index contributed by atoms with van der Waals surface area (Å²) in [5.74, 6) is 0.794. The fourth-order valence-electron chi connectivity index (χ4n) is 2.65. The highest BCUT2D eigenvalue weighted by molar-refractivity contribution is 8.00. The summed E-state index contributed by atoms with van der Waals surface area (Å²) in [5.41, 5.74) is 1.23. The minimum Gasteiger partial charge on any atom is -0.355 e. The first-order valence-corrected chi connectivity index (χ1v) is 10.5. The van der Waals surface area contributed by atoms with Crippen molar-refractivity contribution in [3.8, 4) is 0 Å². The Morgan fingerprint density at radius 2 is 2.04 bits per heavy atom. The van der Waals surface area contributed by atoms with E-state index >= 15 is 0 Å². The van der Waals surface area contributed by atoms with Crippen molar-refractivity contribution >= 4 is 39.2 Å². The van der Waals surface area contributed by atoms with Crippen molar-refractivity contribution < 1.29 is 4.79 Å². The molecule has 2 heterocycles. The molecule has 0 aliphatic heterocycles. The first-order chi connectivity index (χ1) is 12.6. The lowest BCUT2D eigenvalue weighted by atomic mass is 10.1. The summed E-state index contributed by atoms with van der Waals surface area (Å²) in [6.07, 6.45) is 1.82. The van der Waals surface area contributed by atoms with Crippen LogP contribution in [0.1, 0.15) is 30.1 Å². The lowest BCUT2D eigenvalue weighted by Gasteiger charge is -2.12. The van der Waals surface area contributed by atoms with E-state index in [0.717, 1.165) is 33.9 Å². The van der Waals surface area contributed by atoms with Crippen LogP contribution in [0.3, 0.4) is 0 Å². The number of thioether (sulfide) groups is 1. The third-order valence-electron chi connectivity index (χ3n) is 4.08. The van der Waals surface area contributed by atoms with Crippen molar-refractivity contribution in [2.45, 2.75) is 43.9 Å². The number of nitrogens with one attached hydrogen (secondary N) is 1. The van der Waals surface area contributed by atoms with Crippen molar-refractivity contribution in [3.63, 3.8) is 0 Å². The van der Waals surface area contributed by atoms with Crippen molar-refractivity contribution in [3.05, 3.63) is 52.7 Å². The fraction of sp³-hybridized carbons (Fsp3) is 0.350. The van der Waals surface area contributed by atoms with Gasteiger partial charge in [-0.15, -0.1) is 11.3 Å². The lowest BCUT2D eigenvalue weighted by Crippen LogP contribution is -2.32. The van der Waals surface area contributed by atoms with Crippen molar-refractivity contribution in [2.75, 3.05) is 6.54 Å². The normalized spacial score (nSPS) is 12.3. The Balaban J connectivity index is 1.63. The number of rotatable bonds is 7. The van der Waals surface area contributed by atoms with Crippen LogP contribution in [0.15, 0.2) is 41.4 Å². The standard InChI is InChI=1S/C20H23N3OS2/c1-4-16-12-17-19(22-14(3)23-20(17)26-16)25-13(2)18(24)21-11-10-15-8-6-5-7-9-15/h5-9,12-13H,4,10-11H2,1-3H3,(H,21,24). The van der Waals surface area contributed by atoms with Gasteiger partial charge in [-0.25, -0.2) is 9.97 Å². The third kappa shape index (κ3) is 4.62. The molecule has 1 N–H and O–H groups in total. The zero-order valence-corrected chi connectivity index (χ0v) is 16.9. The second kappa shape index (κ2) is 8.64. The largest absolute Gasteiger partial charge is 0.355 e. The highest BCUT2D eigenvalue weighted by Gasteiger charge is 2.18. The molecule has 136 valence electrons. The monoisotopic (exact) mass is 385 g/mol. The summed E-state index contributed by atoms with van der Waals surface area (Å²) in [4.78, 5) is 23.9. The highest BCUT2D eigenvalue weighted by atomic mass is 32.2. The van der Waals surface area contributed by atoms with Crippen LogP contribution in [0.4, 0.5) is 0 Å². The van der Waals surface area contributed by atoms with E-state index < -0.39 is 0 Å². The Kier molecular flexibility index (Phi) is 6.27. The molecule has 1 amide bonds. The summed E-state index contributed by atoms with van der Waals surface area (Å²) in [6, 6.07) is 12.3. The van der Waals surface area contributed by atoms with Crippen LogP contribution in [-0.4, -0.2) is 27.7 Å². The molecule has 0 spiro atoms. The van der Waals surface area contributed by atoms with E-state index in [-0.39, 0.29) is 11.2 Å². The Morgan fingerprint density at radius 3 is 2.77 bits per heavy atom. The molecule has 0 fully saturated rings. The van der Waals surface area contributed by atoms with Crippen LogP contribution >= 0.6 is 23.1 Å². The van der Waals surface area contributed by atoms with Gasteiger partial charge in [0.2, 0.25) is 5.91 Å². The lowest BCUT2D eigenvalue weighted by molar-refractivity contribution is -0.120. The molecule has 1 atom stereocenters. The number of aryl methyl sites for hydroxylation is 2. The number of nitrogens with zero attached hydrogens (tertiary/aromatic N) is 2. The molecule has 6 heteroatoms. The highest BCUT2D eigenvalue weighted by Crippen LogP contribution is 2.33. The molecule has 2 aromatic heterocycles. The minimum atomic E-state index is -0.201. The van der Waals surface area contributed by atoms with Gasteiger partial charge in [-0.1, -0.05) is 49.0 Å². The van der Waals surface area contributed by atoms with E-state index in [1.54, 1.807) is 11.3 Å². The molecule has 4 nitrogen and oxygen atoms in total. The molecule has 0 saturated heterocycles. The molecule has 1 unspecified atom stereocenters. The van der Waals surface area contributed by atoms with Gasteiger partial charge in [0.25, 0.3) is 0 Å². The first-order valence-electron chi connectivity index (χ1n) is 8.82. The summed E-state index contributed by atoms with van der Waals surface area (Å²) < 4.78 is 0. The van der Waals surface area contributed by atoms with E-state index in [1.807, 2.05) is 32.0 Å². The van der Waals surface area contributed by atoms with Crippen molar-refractivity contribution in [1.82, 2.24) is 15.3 Å². The van der Waals surface area contributed by atoms with E-state index in [0.29, 0.717) is 6.54 Å². The molecule has 0 bridgehead atoms. The zero-order valence-electron chi connectivity index (χ0n) is 15.3. The summed E-state index contributed by atoms with van der Waals surface area (Å²) in [5, 5.41) is 4.79. The van der Waals surface area contributed by atoms with Crippen LogP contribution < -0.4 is 5.32 Å². The van der Waals surface area contributed by atoms with E-state index in [9.17, 15) is 4.79 Å². The quantitative estimate of drug-likeness (QED) is 0.484. The van der Waals surface area contributed by atoms with Gasteiger partial charge in [-0.2, -0.15) is 0 Å². The number of hydrogen-bond acceptors (Lipinski definition) is 5. The molecule has 0 aliphatic carbocycles. The Labute approximate surface area is 162 Å².